The summed E-state index contributed by atoms with van der Waals surface area (Å²) in [6.07, 6.45) is 0. The molecule has 0 bridgehead atoms. The van der Waals surface area contributed by atoms with Gasteiger partial charge in [-0.15, -0.1) is 0 Å². The maximum Gasteiger partial charge on any atom is 0.247 e. The van der Waals surface area contributed by atoms with E-state index in [9.17, 15) is 13.2 Å². The zero-order chi connectivity index (χ0) is 22.4. The Morgan fingerprint density at radius 3 is 2.39 bits per heavy atom. The van der Waals surface area contributed by atoms with Gasteiger partial charge < -0.3 is 14.5 Å². The Bertz CT molecular complexity index is 993. The first kappa shape index (κ1) is 23.5. The highest BCUT2D eigenvalue weighted by Crippen LogP contribution is 2.30. The first-order chi connectivity index (χ1) is 14.8. The molecular weight excluding hydrogens is 438 g/mol. The van der Waals surface area contributed by atoms with Crippen molar-refractivity contribution in [2.75, 3.05) is 46.4 Å². The van der Waals surface area contributed by atoms with Gasteiger partial charge in [-0.3, -0.25) is 4.79 Å². The van der Waals surface area contributed by atoms with Gasteiger partial charge in [-0.05, 0) is 30.3 Å². The number of carbonyl (C=O) groups excluding carboxylic acids is 1. The molecular formula is C22H28ClN3O4S. The number of halogens is 1. The molecule has 0 atom stereocenters. The Hall–Kier alpha value is -2.13. The number of methoxy groups -OCH3 is 1. The predicted octanol–water partition coefficient (Wildman–Crippen LogP) is 2.70. The minimum Gasteiger partial charge on any atom is -0.495 e. The zero-order valence-electron chi connectivity index (χ0n) is 17.8. The smallest absolute Gasteiger partial charge is 0.247 e. The van der Waals surface area contributed by atoms with Crippen LogP contribution in [-0.2, 0) is 21.4 Å². The molecule has 1 fully saturated rings. The highest BCUT2D eigenvalue weighted by atomic mass is 35.5. The number of ether oxygens (including phenoxy) is 1. The van der Waals surface area contributed by atoms with Crippen molar-refractivity contribution in [1.82, 2.24) is 14.1 Å². The van der Waals surface area contributed by atoms with Crippen LogP contribution in [0.5, 0.6) is 5.75 Å². The summed E-state index contributed by atoms with van der Waals surface area (Å²) in [5.74, 6) is -0.0253. The molecule has 1 aliphatic heterocycles. The van der Waals surface area contributed by atoms with E-state index in [0.717, 1.165) is 25.2 Å². The Labute approximate surface area is 189 Å². The van der Waals surface area contributed by atoms with Crippen LogP contribution >= 0.6 is 11.6 Å². The molecule has 0 saturated carbocycles. The van der Waals surface area contributed by atoms with Crippen molar-refractivity contribution in [2.45, 2.75) is 18.4 Å². The second kappa shape index (κ2) is 10.5. The van der Waals surface area contributed by atoms with Crippen LogP contribution in [0.3, 0.4) is 0 Å². The molecule has 1 heterocycles. The highest BCUT2D eigenvalue weighted by Gasteiger charge is 2.32. The molecule has 0 aromatic heterocycles. The quantitative estimate of drug-likeness (QED) is 0.599. The molecule has 1 saturated heterocycles. The van der Waals surface area contributed by atoms with Gasteiger partial charge in [0.25, 0.3) is 0 Å². The van der Waals surface area contributed by atoms with Crippen LogP contribution in [0.2, 0.25) is 5.02 Å². The molecule has 31 heavy (non-hydrogen) atoms. The lowest BCUT2D eigenvalue weighted by molar-refractivity contribution is -0.133. The number of hydrogen-bond acceptors (Lipinski definition) is 5. The van der Waals surface area contributed by atoms with Crippen molar-refractivity contribution in [3.8, 4) is 5.75 Å². The Kier molecular flexibility index (Phi) is 7.94. The molecule has 0 spiro atoms. The summed E-state index contributed by atoms with van der Waals surface area (Å²) < 4.78 is 33.7. The minimum absolute atomic E-state index is 0.0537. The second-order valence-corrected chi connectivity index (χ2v) is 9.71. The lowest BCUT2D eigenvalue weighted by atomic mass is 10.2. The largest absolute Gasteiger partial charge is 0.495 e. The fourth-order valence-electron chi connectivity index (χ4n) is 3.57. The zero-order valence-corrected chi connectivity index (χ0v) is 19.4. The highest BCUT2D eigenvalue weighted by molar-refractivity contribution is 7.89. The van der Waals surface area contributed by atoms with E-state index in [2.05, 4.69) is 11.8 Å². The van der Waals surface area contributed by atoms with Gasteiger partial charge in [0.2, 0.25) is 15.9 Å². The van der Waals surface area contributed by atoms with Crippen LogP contribution in [0, 0.1) is 0 Å². The fraction of sp³-hybridized carbons (Fsp3) is 0.409. The number of nitrogens with zero attached hydrogens (tertiary/aromatic N) is 3. The summed E-state index contributed by atoms with van der Waals surface area (Å²) in [5.41, 5.74) is 0.788. The van der Waals surface area contributed by atoms with Crippen molar-refractivity contribution >= 4 is 27.5 Å². The number of likely N-dealkylation sites (N-methyl/N-ethyl adjacent to an activating group) is 1. The summed E-state index contributed by atoms with van der Waals surface area (Å²) in [6, 6.07) is 13.7. The van der Waals surface area contributed by atoms with Gasteiger partial charge in [-0.2, -0.15) is 4.31 Å². The molecule has 0 N–H and O–H groups in total. The van der Waals surface area contributed by atoms with Gasteiger partial charge >= 0.3 is 0 Å². The maximum absolute atomic E-state index is 13.6. The average molecular weight is 466 g/mol. The molecule has 7 nitrogen and oxygen atoms in total. The van der Waals surface area contributed by atoms with Gasteiger partial charge in [-0.1, -0.05) is 48.9 Å². The molecule has 0 unspecified atom stereocenters. The lowest BCUT2D eigenvalue weighted by Gasteiger charge is -2.35. The van der Waals surface area contributed by atoms with E-state index < -0.39 is 10.0 Å². The summed E-state index contributed by atoms with van der Waals surface area (Å²) in [6.45, 7) is 5.60. The average Bonchev–Trinajstić information content (AvgIpc) is 2.79. The van der Waals surface area contributed by atoms with Crippen molar-refractivity contribution in [2.24, 2.45) is 0 Å². The lowest BCUT2D eigenvalue weighted by Crippen LogP contribution is -2.51. The van der Waals surface area contributed by atoms with Gasteiger partial charge in [0.15, 0.2) is 0 Å². The number of sulfonamides is 1. The topological polar surface area (TPSA) is 70.2 Å². The molecule has 2 aromatic rings. The number of piperazine rings is 1. The first-order valence-corrected chi connectivity index (χ1v) is 12.0. The van der Waals surface area contributed by atoms with Gasteiger partial charge in [0.05, 0.1) is 13.7 Å². The number of hydrogen-bond donors (Lipinski definition) is 0. The Balaban J connectivity index is 1.89. The summed E-state index contributed by atoms with van der Waals surface area (Å²) >= 11 is 6.08. The Morgan fingerprint density at radius 1 is 1.10 bits per heavy atom. The minimum atomic E-state index is -4.05. The third-order valence-corrected chi connectivity index (χ3v) is 7.48. The van der Waals surface area contributed by atoms with Crippen LogP contribution in [0.15, 0.2) is 53.4 Å². The van der Waals surface area contributed by atoms with Gasteiger partial charge in [0.1, 0.15) is 10.6 Å². The number of benzene rings is 2. The van der Waals surface area contributed by atoms with Crippen LogP contribution in [0.1, 0.15) is 12.5 Å². The van der Waals surface area contributed by atoms with E-state index in [-0.39, 0.29) is 34.7 Å². The molecule has 1 amide bonds. The van der Waals surface area contributed by atoms with Crippen LogP contribution in [0.4, 0.5) is 0 Å². The molecule has 3 rings (SSSR count). The predicted molar refractivity (Wildman–Crippen MR) is 121 cm³/mol. The van der Waals surface area contributed by atoms with E-state index >= 15 is 0 Å². The van der Waals surface area contributed by atoms with E-state index in [1.165, 1.54) is 23.5 Å². The van der Waals surface area contributed by atoms with Crippen molar-refractivity contribution in [3.63, 3.8) is 0 Å². The second-order valence-electron chi connectivity index (χ2n) is 7.37. The third-order valence-electron chi connectivity index (χ3n) is 5.43. The summed E-state index contributed by atoms with van der Waals surface area (Å²) in [7, 11) is -2.64. The fourth-order valence-corrected chi connectivity index (χ4v) is 5.36. The standard InChI is InChI=1S/C22H28ClN3O4S/c1-3-24-11-13-25(14-12-24)22(27)17-26(16-18-7-5-4-6-8-18)31(28,29)21-15-19(23)9-10-20(21)30-2/h4-10,15H,3,11-14,16-17H2,1-2H3. The normalized spacial score (nSPS) is 15.3. The van der Waals surface area contributed by atoms with E-state index in [4.69, 9.17) is 16.3 Å². The van der Waals surface area contributed by atoms with Crippen molar-refractivity contribution < 1.29 is 17.9 Å². The van der Waals surface area contributed by atoms with Crippen LogP contribution in [0.25, 0.3) is 0 Å². The SMILES string of the molecule is CCN1CCN(C(=O)CN(Cc2ccccc2)S(=O)(=O)c2cc(Cl)ccc2OC)CC1. The maximum atomic E-state index is 13.6. The Morgan fingerprint density at radius 2 is 1.77 bits per heavy atom. The molecule has 168 valence electrons. The molecule has 0 aliphatic carbocycles. The van der Waals surface area contributed by atoms with Crippen molar-refractivity contribution in [3.05, 3.63) is 59.1 Å². The van der Waals surface area contributed by atoms with Crippen LogP contribution < -0.4 is 4.74 Å². The monoisotopic (exact) mass is 465 g/mol. The van der Waals surface area contributed by atoms with E-state index in [0.29, 0.717) is 13.1 Å². The van der Waals surface area contributed by atoms with Gasteiger partial charge in [-0.25, -0.2) is 8.42 Å². The molecule has 9 heteroatoms. The van der Waals surface area contributed by atoms with E-state index in [1.54, 1.807) is 11.0 Å². The van der Waals surface area contributed by atoms with Crippen LogP contribution in [-0.4, -0.2) is 74.8 Å². The number of rotatable bonds is 8. The number of carbonyl (C=O) groups is 1. The molecule has 2 aromatic carbocycles. The molecule has 1 aliphatic rings. The summed E-state index contributed by atoms with van der Waals surface area (Å²) in [5, 5.41) is 0.279. The molecule has 0 radical (unpaired) electrons. The number of amides is 1. The van der Waals surface area contributed by atoms with E-state index in [1.807, 2.05) is 30.3 Å². The summed E-state index contributed by atoms with van der Waals surface area (Å²) in [4.78, 5) is 17.0. The van der Waals surface area contributed by atoms with Crippen molar-refractivity contribution in [1.29, 1.82) is 0 Å². The first-order valence-electron chi connectivity index (χ1n) is 10.2. The third kappa shape index (κ3) is 5.77. The van der Waals surface area contributed by atoms with Gasteiger partial charge in [0, 0.05) is 37.7 Å².